The highest BCUT2D eigenvalue weighted by atomic mass is 79.9. The molecule has 4 N–H and O–H groups in total. The Morgan fingerprint density at radius 1 is 0.611 bits per heavy atom. The zero-order valence-corrected chi connectivity index (χ0v) is 22.8. The third-order valence-corrected chi connectivity index (χ3v) is 11.1. The van der Waals surface area contributed by atoms with Crippen molar-refractivity contribution in [2.45, 2.75) is 30.6 Å². The third kappa shape index (κ3) is 5.44. The van der Waals surface area contributed by atoms with Crippen LogP contribution in [-0.2, 0) is 39.7 Å². The maximum Gasteiger partial charge on any atom is 0.501 e. The second-order valence-electron chi connectivity index (χ2n) is 6.52. The molecule has 0 heterocycles. The van der Waals surface area contributed by atoms with Crippen LogP contribution >= 0.6 is 31.9 Å². The smallest absolute Gasteiger partial charge is 0.225 e. The van der Waals surface area contributed by atoms with Crippen LogP contribution in [0.3, 0.4) is 0 Å². The second kappa shape index (κ2) is 9.17. The van der Waals surface area contributed by atoms with Gasteiger partial charge in [-0.05, 0) is 34.1 Å². The number of alkyl halides is 6. The molecule has 0 spiro atoms. The van der Waals surface area contributed by atoms with E-state index >= 15 is 0 Å². The summed E-state index contributed by atoms with van der Waals surface area (Å²) in [6.07, 6.45) is 0. The molecule has 0 unspecified atom stereocenters. The standard InChI is InChI=1S/C14H8Br2F6N2O8S4/c15-5-1-2-6(8(3-5)35(23,29)30)7-4-9(33(25,26)13(17,18)19)10(16)12(11(7)36(24,31)32)34(27,28)14(20,21)22/h1-4H,(H2,23,29,30)(H2,24,31,32). The largest absolute Gasteiger partial charge is 0.501 e. The number of halogens is 8. The van der Waals surface area contributed by atoms with Crippen LogP contribution in [-0.4, -0.2) is 44.7 Å². The van der Waals surface area contributed by atoms with Crippen molar-refractivity contribution >= 4 is 71.6 Å². The summed E-state index contributed by atoms with van der Waals surface area (Å²) in [6.45, 7) is 0. The number of nitrogens with two attached hydrogens (primary N) is 2. The lowest BCUT2D eigenvalue weighted by molar-refractivity contribution is -0.0439. The van der Waals surface area contributed by atoms with Crippen LogP contribution < -0.4 is 10.3 Å². The molecule has 22 heteroatoms. The predicted octanol–water partition coefficient (Wildman–Crippen LogP) is 2.76. The summed E-state index contributed by atoms with van der Waals surface area (Å²) < 4.78 is 176. The molecule has 0 atom stereocenters. The first kappa shape index (κ1) is 30.9. The number of sulfonamides is 2. The van der Waals surface area contributed by atoms with Gasteiger partial charge in [0.05, 0.1) is 14.3 Å². The van der Waals surface area contributed by atoms with Crippen molar-refractivity contribution in [3.63, 3.8) is 0 Å². The number of benzene rings is 2. The van der Waals surface area contributed by atoms with Crippen LogP contribution in [0.2, 0.25) is 0 Å². The zero-order chi connectivity index (χ0) is 28.4. The van der Waals surface area contributed by atoms with Gasteiger partial charge in [0.2, 0.25) is 20.0 Å². The fourth-order valence-corrected chi connectivity index (χ4v) is 9.09. The van der Waals surface area contributed by atoms with Gasteiger partial charge in [-0.15, -0.1) is 0 Å². The van der Waals surface area contributed by atoms with E-state index in [9.17, 15) is 60.0 Å². The molecule has 36 heavy (non-hydrogen) atoms. The van der Waals surface area contributed by atoms with E-state index in [1.807, 2.05) is 15.9 Å². The summed E-state index contributed by atoms with van der Waals surface area (Å²) in [5, 5.41) is 9.90. The Morgan fingerprint density at radius 2 is 1.08 bits per heavy atom. The van der Waals surface area contributed by atoms with E-state index in [1.54, 1.807) is 0 Å². The molecule has 0 fully saturated rings. The van der Waals surface area contributed by atoms with Crippen molar-refractivity contribution in [1.82, 2.24) is 0 Å². The summed E-state index contributed by atoms with van der Waals surface area (Å²) in [5.74, 6) is 0. The molecule has 0 amide bonds. The van der Waals surface area contributed by atoms with E-state index in [1.165, 1.54) is 0 Å². The minimum atomic E-state index is -6.96. The molecule has 10 nitrogen and oxygen atoms in total. The lowest BCUT2D eigenvalue weighted by Gasteiger charge is -2.21. The Kier molecular flexibility index (Phi) is 7.87. The van der Waals surface area contributed by atoms with Crippen LogP contribution in [0.1, 0.15) is 0 Å². The van der Waals surface area contributed by atoms with Crippen molar-refractivity contribution in [2.24, 2.45) is 10.3 Å². The first-order chi connectivity index (χ1) is 15.8. The average molecular weight is 734 g/mol. The molecule has 0 aliphatic heterocycles. The van der Waals surface area contributed by atoms with Gasteiger partial charge in [-0.3, -0.25) is 0 Å². The summed E-state index contributed by atoms with van der Waals surface area (Å²) in [6, 6.07) is 1.96. The molecule has 0 radical (unpaired) electrons. The molecule has 0 aliphatic rings. The molecule has 2 aromatic carbocycles. The second-order valence-corrected chi connectivity index (χ2v) is 15.0. The van der Waals surface area contributed by atoms with Crippen molar-refractivity contribution in [3.05, 3.63) is 33.2 Å². The Hall–Kier alpha value is -1.30. The lowest BCUT2D eigenvalue weighted by Crippen LogP contribution is -2.30. The van der Waals surface area contributed by atoms with E-state index in [4.69, 9.17) is 10.3 Å². The Labute approximate surface area is 215 Å². The van der Waals surface area contributed by atoms with E-state index in [0.717, 1.165) is 6.07 Å². The molecule has 2 rings (SSSR count). The van der Waals surface area contributed by atoms with Crippen molar-refractivity contribution in [3.8, 4) is 11.1 Å². The summed E-state index contributed by atoms with van der Waals surface area (Å²) >= 11 is 4.84. The highest BCUT2D eigenvalue weighted by Crippen LogP contribution is 2.48. The number of rotatable bonds is 5. The normalized spacial score (nSPS) is 14.2. The van der Waals surface area contributed by atoms with Crippen LogP contribution in [0.5, 0.6) is 0 Å². The number of hydrogen-bond donors (Lipinski definition) is 2. The predicted molar refractivity (Wildman–Crippen MR) is 117 cm³/mol. The molecule has 0 saturated carbocycles. The molecule has 202 valence electrons. The molecule has 0 aliphatic carbocycles. The molecule has 0 saturated heterocycles. The van der Waals surface area contributed by atoms with Crippen molar-refractivity contribution < 1.29 is 60.0 Å². The minimum Gasteiger partial charge on any atom is -0.225 e. The van der Waals surface area contributed by atoms with Crippen LogP contribution in [0.25, 0.3) is 11.1 Å². The fourth-order valence-electron chi connectivity index (χ4n) is 2.71. The van der Waals surface area contributed by atoms with Gasteiger partial charge in [0.25, 0.3) is 19.7 Å². The van der Waals surface area contributed by atoms with Crippen LogP contribution in [0, 0.1) is 0 Å². The van der Waals surface area contributed by atoms with Gasteiger partial charge in [0.15, 0.2) is 0 Å². The van der Waals surface area contributed by atoms with Gasteiger partial charge in [-0.2, -0.15) is 26.3 Å². The molecule has 2 aromatic rings. The molecular weight excluding hydrogens is 726 g/mol. The highest BCUT2D eigenvalue weighted by Gasteiger charge is 2.54. The van der Waals surface area contributed by atoms with Gasteiger partial charge in [-0.1, -0.05) is 22.0 Å². The van der Waals surface area contributed by atoms with Crippen LogP contribution in [0.4, 0.5) is 26.3 Å². The zero-order valence-electron chi connectivity index (χ0n) is 16.4. The SMILES string of the molecule is NS(=O)(=O)c1cc(Br)ccc1-c1cc(S(=O)(=O)C(F)(F)F)c(Br)c(S(=O)(=O)C(F)(F)F)c1S(N)(=O)=O. The van der Waals surface area contributed by atoms with Crippen molar-refractivity contribution in [1.29, 1.82) is 0 Å². The molecule has 0 bridgehead atoms. The summed E-state index contributed by atoms with van der Waals surface area (Å²) in [4.78, 5) is -7.92. The number of hydrogen-bond acceptors (Lipinski definition) is 8. The first-order valence-electron chi connectivity index (χ1n) is 8.11. The maximum atomic E-state index is 13.4. The van der Waals surface area contributed by atoms with Gasteiger partial charge in [0.1, 0.15) is 9.79 Å². The molecule has 0 aromatic heterocycles. The van der Waals surface area contributed by atoms with Crippen LogP contribution in [0.15, 0.2) is 52.8 Å². The fraction of sp³-hybridized carbons (Fsp3) is 0.143. The minimum absolute atomic E-state index is 0.101. The quantitative estimate of drug-likeness (QED) is 0.439. The van der Waals surface area contributed by atoms with Gasteiger partial charge >= 0.3 is 11.0 Å². The van der Waals surface area contributed by atoms with E-state index in [2.05, 4.69) is 15.9 Å². The highest BCUT2D eigenvalue weighted by molar-refractivity contribution is 9.10. The maximum absolute atomic E-state index is 13.4. The van der Waals surface area contributed by atoms with E-state index < -0.39 is 85.9 Å². The third-order valence-electron chi connectivity index (χ3n) is 4.13. The average Bonchev–Trinajstić information content (AvgIpc) is 2.64. The first-order valence-corrected chi connectivity index (χ1v) is 15.8. The number of primary sulfonamides is 2. The lowest BCUT2D eigenvalue weighted by atomic mass is 10.1. The Balaban J connectivity index is 3.49. The van der Waals surface area contributed by atoms with E-state index in [0.29, 0.717) is 12.1 Å². The summed E-state index contributed by atoms with van der Waals surface area (Å²) in [7, 11) is -24.3. The monoisotopic (exact) mass is 732 g/mol. The summed E-state index contributed by atoms with van der Waals surface area (Å²) in [5.41, 5.74) is -15.3. The van der Waals surface area contributed by atoms with Gasteiger partial charge < -0.3 is 0 Å². The number of sulfone groups is 2. The van der Waals surface area contributed by atoms with Crippen molar-refractivity contribution in [2.75, 3.05) is 0 Å². The molecular formula is C14H8Br2F6N2O8S4. The Bertz CT molecular complexity index is 1700. The van der Waals surface area contributed by atoms with Gasteiger partial charge in [0, 0.05) is 15.6 Å². The Morgan fingerprint density at radius 3 is 1.47 bits per heavy atom. The topological polar surface area (TPSA) is 189 Å². The van der Waals surface area contributed by atoms with Gasteiger partial charge in [-0.25, -0.2) is 43.9 Å². The van der Waals surface area contributed by atoms with E-state index in [-0.39, 0.29) is 10.5 Å².